The fourth-order valence-corrected chi connectivity index (χ4v) is 4.38. The maximum absolute atomic E-state index is 5.52. The fraction of sp³-hybridized carbons (Fsp3) is 1.00. The van der Waals surface area contributed by atoms with Crippen LogP contribution in [0.1, 0.15) is 45.4 Å². The molecule has 2 aliphatic carbocycles. The average Bonchev–Trinajstić information content (AvgIpc) is 2.87. The molecule has 0 bridgehead atoms. The van der Waals surface area contributed by atoms with E-state index in [1.165, 1.54) is 51.6 Å². The minimum absolute atomic E-state index is 0.568. The number of hydrogen-bond acceptors (Lipinski definition) is 2. The molecule has 2 heteroatoms. The average molecular weight is 237 g/mol. The van der Waals surface area contributed by atoms with Crippen LogP contribution in [0.2, 0.25) is 0 Å². The largest absolute Gasteiger partial charge is 0.381 e. The van der Waals surface area contributed by atoms with Crippen LogP contribution in [-0.2, 0) is 4.74 Å². The van der Waals surface area contributed by atoms with Gasteiger partial charge in [-0.3, -0.25) is 4.90 Å². The van der Waals surface area contributed by atoms with Crippen LogP contribution in [0.3, 0.4) is 0 Å². The third-order valence-corrected chi connectivity index (χ3v) is 5.57. The molecule has 1 aliphatic heterocycles. The number of likely N-dealkylation sites (tertiary alicyclic amines) is 1. The lowest BCUT2D eigenvalue weighted by Crippen LogP contribution is -2.37. The molecule has 2 saturated carbocycles. The van der Waals surface area contributed by atoms with Gasteiger partial charge in [-0.05, 0) is 56.3 Å². The predicted octanol–water partition coefficient (Wildman–Crippen LogP) is 2.92. The van der Waals surface area contributed by atoms with Gasteiger partial charge in [0.1, 0.15) is 0 Å². The van der Waals surface area contributed by atoms with E-state index < -0.39 is 0 Å². The summed E-state index contributed by atoms with van der Waals surface area (Å²) in [6.45, 7) is 5.14. The van der Waals surface area contributed by atoms with E-state index >= 15 is 0 Å². The number of methoxy groups -OCH3 is 1. The smallest absolute Gasteiger partial charge is 0.0577 e. The lowest BCUT2D eigenvalue weighted by Gasteiger charge is -2.34. The molecule has 1 saturated heterocycles. The minimum atomic E-state index is 0.568. The molecule has 0 spiro atoms. The molecule has 2 atom stereocenters. The van der Waals surface area contributed by atoms with Crippen LogP contribution in [0, 0.1) is 17.8 Å². The second-order valence-electron chi connectivity index (χ2n) is 6.72. The Morgan fingerprint density at radius 1 is 0.941 bits per heavy atom. The normalized spacial score (nSPS) is 47.3. The van der Waals surface area contributed by atoms with Crippen LogP contribution in [0.4, 0.5) is 0 Å². The highest BCUT2D eigenvalue weighted by atomic mass is 16.5. The molecule has 2 unspecified atom stereocenters. The molecule has 98 valence electrons. The molecule has 17 heavy (non-hydrogen) atoms. The van der Waals surface area contributed by atoms with Crippen LogP contribution in [-0.4, -0.2) is 37.2 Å². The zero-order valence-corrected chi connectivity index (χ0v) is 11.4. The molecule has 0 aromatic heterocycles. The van der Waals surface area contributed by atoms with Gasteiger partial charge in [0.2, 0.25) is 0 Å². The quantitative estimate of drug-likeness (QED) is 0.732. The molecular weight excluding hydrogens is 210 g/mol. The molecule has 3 rings (SSSR count). The summed E-state index contributed by atoms with van der Waals surface area (Å²) >= 11 is 0. The summed E-state index contributed by atoms with van der Waals surface area (Å²) in [4.78, 5) is 2.81. The van der Waals surface area contributed by atoms with Gasteiger partial charge in [0.25, 0.3) is 0 Å². The van der Waals surface area contributed by atoms with E-state index in [4.69, 9.17) is 4.74 Å². The Labute approximate surface area is 106 Å². The topological polar surface area (TPSA) is 12.5 Å². The Morgan fingerprint density at radius 2 is 1.53 bits per heavy atom. The molecule has 0 aromatic rings. The van der Waals surface area contributed by atoms with Gasteiger partial charge < -0.3 is 4.74 Å². The van der Waals surface area contributed by atoms with Crippen molar-refractivity contribution < 1.29 is 4.74 Å². The Kier molecular flexibility index (Phi) is 3.45. The molecular formula is C15H27NO. The highest BCUT2D eigenvalue weighted by Gasteiger charge is 2.42. The standard InChI is InChI=1S/C15H27NO/c1-11-3-5-14(6-4-11)16-9-12-7-15(17-2)8-13(12)10-16/h11-15H,3-10H2,1-2H3/t11-,12?,13?,14-,15?. The van der Waals surface area contributed by atoms with Crippen LogP contribution < -0.4 is 0 Å². The van der Waals surface area contributed by atoms with Crippen molar-refractivity contribution in [2.75, 3.05) is 20.2 Å². The van der Waals surface area contributed by atoms with Gasteiger partial charge in [-0.15, -0.1) is 0 Å². The summed E-state index contributed by atoms with van der Waals surface area (Å²) in [5.74, 6) is 2.87. The molecule has 0 aromatic carbocycles. The summed E-state index contributed by atoms with van der Waals surface area (Å²) < 4.78 is 5.52. The first-order valence-electron chi connectivity index (χ1n) is 7.53. The SMILES string of the molecule is COC1CC2CN([C@H]3CC[C@H](C)CC3)CC2C1. The van der Waals surface area contributed by atoms with Crippen molar-refractivity contribution in [2.45, 2.75) is 57.6 Å². The van der Waals surface area contributed by atoms with Crippen molar-refractivity contribution in [3.05, 3.63) is 0 Å². The van der Waals surface area contributed by atoms with E-state index in [0.29, 0.717) is 6.10 Å². The number of rotatable bonds is 2. The van der Waals surface area contributed by atoms with Crippen LogP contribution in [0.25, 0.3) is 0 Å². The summed E-state index contributed by atoms with van der Waals surface area (Å²) in [6.07, 6.45) is 9.03. The Morgan fingerprint density at radius 3 is 2.06 bits per heavy atom. The van der Waals surface area contributed by atoms with E-state index in [9.17, 15) is 0 Å². The van der Waals surface area contributed by atoms with Crippen LogP contribution in [0.15, 0.2) is 0 Å². The number of ether oxygens (including phenoxy) is 1. The van der Waals surface area contributed by atoms with Gasteiger partial charge in [0, 0.05) is 26.2 Å². The van der Waals surface area contributed by atoms with Gasteiger partial charge in [-0.25, -0.2) is 0 Å². The zero-order valence-electron chi connectivity index (χ0n) is 11.4. The number of fused-ring (bicyclic) bond motifs is 1. The molecule has 0 N–H and O–H groups in total. The summed E-state index contributed by atoms with van der Waals surface area (Å²) in [5, 5.41) is 0. The fourth-order valence-electron chi connectivity index (χ4n) is 4.38. The van der Waals surface area contributed by atoms with Crippen molar-refractivity contribution in [1.82, 2.24) is 4.90 Å². The Balaban J connectivity index is 1.52. The Bertz CT molecular complexity index is 246. The Hall–Kier alpha value is -0.0800. The van der Waals surface area contributed by atoms with Crippen molar-refractivity contribution in [3.8, 4) is 0 Å². The van der Waals surface area contributed by atoms with Crippen LogP contribution >= 0.6 is 0 Å². The maximum atomic E-state index is 5.52. The zero-order chi connectivity index (χ0) is 11.8. The molecule has 0 amide bonds. The highest BCUT2D eigenvalue weighted by Crippen LogP contribution is 2.41. The molecule has 3 aliphatic rings. The van der Waals surface area contributed by atoms with Gasteiger partial charge in [0.15, 0.2) is 0 Å². The van der Waals surface area contributed by atoms with E-state index in [0.717, 1.165) is 23.8 Å². The van der Waals surface area contributed by atoms with Crippen molar-refractivity contribution in [1.29, 1.82) is 0 Å². The lowest BCUT2D eigenvalue weighted by molar-refractivity contribution is 0.0889. The first kappa shape index (κ1) is 12.0. The van der Waals surface area contributed by atoms with E-state index in [1.54, 1.807) is 0 Å². The van der Waals surface area contributed by atoms with E-state index in [2.05, 4.69) is 11.8 Å². The molecule has 2 nitrogen and oxygen atoms in total. The van der Waals surface area contributed by atoms with Crippen LogP contribution in [0.5, 0.6) is 0 Å². The van der Waals surface area contributed by atoms with Crippen molar-refractivity contribution in [3.63, 3.8) is 0 Å². The number of hydrogen-bond donors (Lipinski definition) is 0. The third kappa shape index (κ3) is 2.39. The second-order valence-corrected chi connectivity index (χ2v) is 6.72. The van der Waals surface area contributed by atoms with Gasteiger partial charge in [-0.2, -0.15) is 0 Å². The first-order valence-corrected chi connectivity index (χ1v) is 7.53. The second kappa shape index (κ2) is 4.89. The summed E-state index contributed by atoms with van der Waals surface area (Å²) in [7, 11) is 1.88. The molecule has 3 fully saturated rings. The summed E-state index contributed by atoms with van der Waals surface area (Å²) in [6, 6.07) is 0.915. The van der Waals surface area contributed by atoms with E-state index in [1.807, 2.05) is 7.11 Å². The first-order chi connectivity index (χ1) is 8.26. The number of nitrogens with zero attached hydrogens (tertiary/aromatic N) is 1. The predicted molar refractivity (Wildman–Crippen MR) is 70.0 cm³/mol. The maximum Gasteiger partial charge on any atom is 0.0577 e. The minimum Gasteiger partial charge on any atom is -0.381 e. The lowest BCUT2D eigenvalue weighted by atomic mass is 9.86. The monoisotopic (exact) mass is 237 g/mol. The summed E-state index contributed by atoms with van der Waals surface area (Å²) in [5.41, 5.74) is 0. The molecule has 1 heterocycles. The third-order valence-electron chi connectivity index (χ3n) is 5.57. The van der Waals surface area contributed by atoms with Gasteiger partial charge >= 0.3 is 0 Å². The van der Waals surface area contributed by atoms with Gasteiger partial charge in [0.05, 0.1) is 6.10 Å². The van der Waals surface area contributed by atoms with Gasteiger partial charge in [-0.1, -0.05) is 6.92 Å². The highest BCUT2D eigenvalue weighted by molar-refractivity contribution is 4.95. The molecule has 0 radical (unpaired) electrons. The van der Waals surface area contributed by atoms with Crippen molar-refractivity contribution in [2.24, 2.45) is 17.8 Å². The van der Waals surface area contributed by atoms with E-state index in [-0.39, 0.29) is 0 Å². The van der Waals surface area contributed by atoms with Crippen molar-refractivity contribution >= 4 is 0 Å².